The van der Waals surface area contributed by atoms with Gasteiger partial charge in [0.1, 0.15) is 6.04 Å². The van der Waals surface area contributed by atoms with Gasteiger partial charge in [0.2, 0.25) is 0 Å². The summed E-state index contributed by atoms with van der Waals surface area (Å²) in [5.74, 6) is 0.0265. The Morgan fingerprint density at radius 1 is 1.06 bits per heavy atom. The van der Waals surface area contributed by atoms with E-state index in [9.17, 15) is 9.59 Å². The van der Waals surface area contributed by atoms with E-state index in [1.807, 2.05) is 54.6 Å². The smallest absolute Gasteiger partial charge is 0.306 e. The summed E-state index contributed by atoms with van der Waals surface area (Å²) in [6.07, 6.45) is 0.675. The van der Waals surface area contributed by atoms with E-state index in [-0.39, 0.29) is 17.9 Å². The molecule has 32 heavy (non-hydrogen) atoms. The van der Waals surface area contributed by atoms with Crippen molar-refractivity contribution in [3.8, 4) is 0 Å². The highest BCUT2D eigenvalue weighted by atomic mass is 35.5. The highest BCUT2D eigenvalue weighted by molar-refractivity contribution is 6.32. The molecule has 0 unspecified atom stereocenters. The Hall–Kier alpha value is -3.15. The van der Waals surface area contributed by atoms with Crippen molar-refractivity contribution in [2.45, 2.75) is 18.9 Å². The minimum absolute atomic E-state index is 0.0265. The van der Waals surface area contributed by atoms with Crippen molar-refractivity contribution >= 4 is 45.7 Å². The Balaban J connectivity index is 1.69. The highest BCUT2D eigenvalue weighted by Crippen LogP contribution is 2.28. The minimum Gasteiger partial charge on any atom is -0.306 e. The zero-order chi connectivity index (χ0) is 22.4. The molecule has 0 saturated heterocycles. The maximum Gasteiger partial charge on any atom is 0.326 e. The predicted octanol–water partition coefficient (Wildman–Crippen LogP) is 4.75. The van der Waals surface area contributed by atoms with Crippen molar-refractivity contribution in [2.24, 2.45) is 12.0 Å². The molecule has 1 atom stereocenters. The van der Waals surface area contributed by atoms with Crippen LogP contribution in [-0.4, -0.2) is 27.1 Å². The van der Waals surface area contributed by atoms with Crippen molar-refractivity contribution in [2.75, 3.05) is 0 Å². The second-order valence-electron chi connectivity index (χ2n) is 7.95. The number of hydrogen-bond acceptors (Lipinski definition) is 3. The number of aliphatic imine (C=N–C) groups is 1. The molecule has 0 radical (unpaired) electrons. The maximum atomic E-state index is 13.2. The fraction of sp³-hybridized carbons (Fsp3) is 0.160. The second kappa shape index (κ2) is 8.08. The number of aryl methyl sites for hydroxylation is 1. The molecule has 5 nitrogen and oxygen atoms in total. The number of fused-ring (bicyclic) bond motifs is 2. The van der Waals surface area contributed by atoms with Crippen molar-refractivity contribution < 1.29 is 4.79 Å². The number of rotatable bonds is 3. The molecular formula is C25H19Cl2N3O2. The zero-order valence-corrected chi connectivity index (χ0v) is 18.7. The molecular weight excluding hydrogens is 445 g/mol. The third-order valence-corrected chi connectivity index (χ3v) is 6.50. The Morgan fingerprint density at radius 2 is 1.88 bits per heavy atom. The van der Waals surface area contributed by atoms with Crippen LogP contribution < -0.4 is 5.69 Å². The third kappa shape index (κ3) is 3.68. The molecule has 0 spiro atoms. The first kappa shape index (κ1) is 20.7. The third-order valence-electron chi connectivity index (χ3n) is 5.90. The van der Waals surface area contributed by atoms with Crippen LogP contribution in [0.25, 0.3) is 11.0 Å². The molecule has 0 saturated carbocycles. The van der Waals surface area contributed by atoms with Crippen LogP contribution in [0.2, 0.25) is 10.0 Å². The Bertz CT molecular complexity index is 1470. The number of benzene rings is 3. The molecule has 5 rings (SSSR count). The summed E-state index contributed by atoms with van der Waals surface area (Å²) in [5, 5.41) is 1.19. The standard InChI is InChI=1S/C25H19Cl2N3O2/c1-30-22-11-16(7-9-20(22)29-25(30)32)24-18-13-17(26)8-6-14(18)12-23(31)21(28-24)10-15-4-2-3-5-19(15)27/h2-9,11,13,21H,10,12H2,1H3,(H,29,32)/t21-/m1/s1. The van der Waals surface area contributed by atoms with Gasteiger partial charge < -0.3 is 4.98 Å². The number of H-pyrrole nitrogens is 1. The van der Waals surface area contributed by atoms with E-state index in [2.05, 4.69) is 4.98 Å². The summed E-state index contributed by atoms with van der Waals surface area (Å²) >= 11 is 12.7. The molecule has 1 aliphatic heterocycles. The van der Waals surface area contributed by atoms with Crippen molar-refractivity contribution in [1.29, 1.82) is 0 Å². The van der Waals surface area contributed by atoms with Crippen LogP contribution in [0.1, 0.15) is 22.3 Å². The fourth-order valence-electron chi connectivity index (χ4n) is 4.16. The molecule has 0 aliphatic carbocycles. The molecule has 1 aromatic heterocycles. The number of nitrogens with zero attached hydrogens (tertiary/aromatic N) is 2. The van der Waals surface area contributed by atoms with Gasteiger partial charge in [-0.2, -0.15) is 0 Å². The number of carbonyl (C=O) groups is 1. The topological polar surface area (TPSA) is 67.2 Å². The number of aromatic nitrogens is 2. The molecule has 0 amide bonds. The van der Waals surface area contributed by atoms with Gasteiger partial charge in [0.05, 0.1) is 16.7 Å². The van der Waals surface area contributed by atoms with Gasteiger partial charge in [0.15, 0.2) is 5.78 Å². The first-order valence-corrected chi connectivity index (χ1v) is 11.0. The Morgan fingerprint density at radius 3 is 2.69 bits per heavy atom. The summed E-state index contributed by atoms with van der Waals surface area (Å²) in [6.45, 7) is 0. The van der Waals surface area contributed by atoms with Gasteiger partial charge in [-0.15, -0.1) is 0 Å². The van der Waals surface area contributed by atoms with Gasteiger partial charge in [0, 0.05) is 41.1 Å². The van der Waals surface area contributed by atoms with E-state index in [0.29, 0.717) is 22.2 Å². The summed E-state index contributed by atoms with van der Waals surface area (Å²) < 4.78 is 1.56. The van der Waals surface area contributed by atoms with Crippen LogP contribution in [0, 0.1) is 0 Å². The van der Waals surface area contributed by atoms with Crippen LogP contribution in [0.15, 0.2) is 70.5 Å². The number of hydrogen-bond donors (Lipinski definition) is 1. The molecule has 1 aliphatic rings. The van der Waals surface area contributed by atoms with Gasteiger partial charge in [-0.1, -0.05) is 53.5 Å². The van der Waals surface area contributed by atoms with Gasteiger partial charge >= 0.3 is 5.69 Å². The second-order valence-corrected chi connectivity index (χ2v) is 8.80. The molecule has 0 fully saturated rings. The molecule has 3 aromatic carbocycles. The fourth-order valence-corrected chi connectivity index (χ4v) is 4.54. The molecule has 1 N–H and O–H groups in total. The lowest BCUT2D eigenvalue weighted by atomic mass is 9.95. The average Bonchev–Trinajstić information content (AvgIpc) is 2.98. The molecule has 2 heterocycles. The predicted molar refractivity (Wildman–Crippen MR) is 128 cm³/mol. The van der Waals surface area contributed by atoms with Crippen LogP contribution in [0.4, 0.5) is 0 Å². The lowest BCUT2D eigenvalue weighted by Crippen LogP contribution is -2.23. The van der Waals surface area contributed by atoms with E-state index in [1.54, 1.807) is 17.7 Å². The van der Waals surface area contributed by atoms with E-state index in [1.165, 1.54) is 0 Å². The summed E-state index contributed by atoms with van der Waals surface area (Å²) in [4.78, 5) is 33.0. The lowest BCUT2D eigenvalue weighted by Gasteiger charge is -2.13. The van der Waals surface area contributed by atoms with Crippen molar-refractivity contribution in [3.63, 3.8) is 0 Å². The highest BCUT2D eigenvalue weighted by Gasteiger charge is 2.27. The molecule has 4 aromatic rings. The number of carbonyl (C=O) groups excluding carboxylic acids is 1. The number of Topliss-reactive ketones (excluding diaryl/α,β-unsaturated/α-hetero) is 1. The Kier molecular flexibility index (Phi) is 5.24. The molecule has 160 valence electrons. The van der Waals surface area contributed by atoms with E-state index >= 15 is 0 Å². The first-order valence-electron chi connectivity index (χ1n) is 10.2. The number of aromatic amines is 1. The van der Waals surface area contributed by atoms with Gasteiger partial charge in [-0.25, -0.2) is 4.79 Å². The number of halogens is 2. The van der Waals surface area contributed by atoms with Crippen LogP contribution >= 0.6 is 23.2 Å². The average molecular weight is 464 g/mol. The quantitative estimate of drug-likeness (QED) is 0.476. The number of nitrogens with one attached hydrogen (secondary N) is 1. The van der Waals surface area contributed by atoms with Crippen molar-refractivity contribution in [3.05, 3.63) is 103 Å². The largest absolute Gasteiger partial charge is 0.326 e. The number of imidazole rings is 1. The van der Waals surface area contributed by atoms with Gasteiger partial charge in [-0.05, 0) is 41.5 Å². The number of ketones is 1. The van der Waals surface area contributed by atoms with E-state index in [0.717, 1.165) is 33.3 Å². The summed E-state index contributed by atoms with van der Waals surface area (Å²) in [6, 6.07) is 18.1. The summed E-state index contributed by atoms with van der Waals surface area (Å²) in [5.41, 5.74) is 5.39. The minimum atomic E-state index is -0.582. The SMILES string of the molecule is Cn1c(=O)[nH]c2ccc(C3=N[C@H](Cc4ccccc4Cl)C(=O)Cc4ccc(Cl)cc43)cc21. The van der Waals surface area contributed by atoms with Crippen LogP contribution in [-0.2, 0) is 24.7 Å². The Labute approximate surface area is 194 Å². The molecule has 7 heteroatoms. The van der Waals surface area contributed by atoms with Crippen LogP contribution in [0.5, 0.6) is 0 Å². The normalized spacial score (nSPS) is 16.0. The molecule has 0 bridgehead atoms. The first-order chi connectivity index (χ1) is 15.4. The zero-order valence-electron chi connectivity index (χ0n) is 17.2. The maximum absolute atomic E-state index is 13.2. The summed E-state index contributed by atoms with van der Waals surface area (Å²) in [7, 11) is 1.72. The lowest BCUT2D eigenvalue weighted by molar-refractivity contribution is -0.119. The van der Waals surface area contributed by atoms with Crippen molar-refractivity contribution in [1.82, 2.24) is 9.55 Å². The van der Waals surface area contributed by atoms with Gasteiger partial charge in [-0.3, -0.25) is 14.4 Å². The van der Waals surface area contributed by atoms with Crippen LogP contribution in [0.3, 0.4) is 0 Å². The van der Waals surface area contributed by atoms with E-state index in [4.69, 9.17) is 28.2 Å². The van der Waals surface area contributed by atoms with E-state index < -0.39 is 6.04 Å². The monoisotopic (exact) mass is 463 g/mol. The van der Waals surface area contributed by atoms with Gasteiger partial charge in [0.25, 0.3) is 0 Å².